The number of primary amides is 1. The van der Waals surface area contributed by atoms with Crippen molar-refractivity contribution in [3.63, 3.8) is 0 Å². The Morgan fingerprint density at radius 3 is 2.73 bits per heavy atom. The highest BCUT2D eigenvalue weighted by molar-refractivity contribution is 7.13. The van der Waals surface area contributed by atoms with Crippen molar-refractivity contribution in [3.8, 4) is 16.2 Å². The van der Waals surface area contributed by atoms with Gasteiger partial charge in [-0.2, -0.15) is 0 Å². The van der Waals surface area contributed by atoms with E-state index in [-0.39, 0.29) is 6.61 Å². The topological polar surface area (TPSA) is 91.2 Å². The first-order valence-electron chi connectivity index (χ1n) is 8.60. The molecule has 26 heavy (non-hydrogen) atoms. The third-order valence-corrected chi connectivity index (χ3v) is 4.98. The molecule has 3 rings (SSSR count). The van der Waals surface area contributed by atoms with E-state index in [0.29, 0.717) is 18.2 Å². The van der Waals surface area contributed by atoms with Crippen molar-refractivity contribution in [3.05, 3.63) is 47.0 Å². The van der Waals surface area contributed by atoms with Gasteiger partial charge in [0.15, 0.2) is 6.61 Å². The van der Waals surface area contributed by atoms with Gasteiger partial charge < -0.3 is 16.2 Å². The third kappa shape index (κ3) is 3.86. The maximum atomic E-state index is 11.0. The molecule has 0 aliphatic heterocycles. The van der Waals surface area contributed by atoms with Crippen LogP contribution in [0.4, 0.5) is 0 Å². The van der Waals surface area contributed by atoms with Crippen LogP contribution in [-0.4, -0.2) is 17.5 Å². The van der Waals surface area contributed by atoms with Crippen molar-refractivity contribution in [1.82, 2.24) is 4.98 Å². The summed E-state index contributed by atoms with van der Waals surface area (Å²) in [5.41, 5.74) is 15.4. The van der Waals surface area contributed by atoms with E-state index in [1.165, 1.54) is 0 Å². The van der Waals surface area contributed by atoms with Gasteiger partial charge >= 0.3 is 0 Å². The number of carbonyl (C=O) groups excluding carboxylic acids is 1. The Hall–Kier alpha value is -2.44. The molecule has 1 aromatic carbocycles. The zero-order chi connectivity index (χ0) is 18.7. The molecule has 6 heteroatoms. The lowest BCUT2D eigenvalue weighted by Gasteiger charge is -2.17. The fraction of sp³-hybridized carbons (Fsp3) is 0.300. The SMILES string of the molecule is CC(C)Cc1nc2ccc(OCC(N)=O)cc2c(-c2cccs2)c1CN. The van der Waals surface area contributed by atoms with Crippen LogP contribution in [-0.2, 0) is 17.8 Å². The summed E-state index contributed by atoms with van der Waals surface area (Å²) in [5, 5.41) is 3.03. The molecule has 0 saturated carbocycles. The summed E-state index contributed by atoms with van der Waals surface area (Å²) in [6.07, 6.45) is 0.876. The molecule has 4 N–H and O–H groups in total. The number of fused-ring (bicyclic) bond motifs is 1. The van der Waals surface area contributed by atoms with Crippen LogP contribution < -0.4 is 16.2 Å². The summed E-state index contributed by atoms with van der Waals surface area (Å²) in [7, 11) is 0. The molecule has 0 saturated heterocycles. The highest BCUT2D eigenvalue weighted by Gasteiger charge is 2.18. The van der Waals surface area contributed by atoms with Gasteiger partial charge in [-0.15, -0.1) is 11.3 Å². The second kappa shape index (κ2) is 7.85. The number of nitrogens with two attached hydrogens (primary N) is 2. The van der Waals surface area contributed by atoms with Gasteiger partial charge in [0.1, 0.15) is 5.75 Å². The van der Waals surface area contributed by atoms with E-state index in [1.54, 1.807) is 11.3 Å². The average molecular weight is 369 g/mol. The summed E-state index contributed by atoms with van der Waals surface area (Å²) in [6.45, 7) is 4.63. The van der Waals surface area contributed by atoms with Gasteiger partial charge in [-0.3, -0.25) is 9.78 Å². The maximum absolute atomic E-state index is 11.0. The van der Waals surface area contributed by atoms with Gasteiger partial charge in [-0.05, 0) is 47.5 Å². The number of benzene rings is 1. The minimum Gasteiger partial charge on any atom is -0.484 e. The number of pyridine rings is 1. The van der Waals surface area contributed by atoms with E-state index < -0.39 is 5.91 Å². The van der Waals surface area contributed by atoms with Crippen LogP contribution in [0.25, 0.3) is 21.3 Å². The van der Waals surface area contributed by atoms with E-state index >= 15 is 0 Å². The quantitative estimate of drug-likeness (QED) is 0.667. The van der Waals surface area contributed by atoms with E-state index in [1.807, 2.05) is 24.3 Å². The molecule has 0 bridgehead atoms. The van der Waals surface area contributed by atoms with Crippen molar-refractivity contribution in [1.29, 1.82) is 0 Å². The van der Waals surface area contributed by atoms with Gasteiger partial charge in [0.2, 0.25) is 0 Å². The molecule has 0 radical (unpaired) electrons. The molecular formula is C20H23N3O2S. The highest BCUT2D eigenvalue weighted by Crippen LogP contribution is 2.37. The second-order valence-electron chi connectivity index (χ2n) is 6.63. The van der Waals surface area contributed by atoms with Gasteiger partial charge in [0, 0.05) is 28.1 Å². The number of hydrogen-bond donors (Lipinski definition) is 2. The molecule has 0 spiro atoms. The van der Waals surface area contributed by atoms with Gasteiger partial charge in [0.25, 0.3) is 5.91 Å². The Labute approximate surface area is 157 Å². The minimum atomic E-state index is -0.503. The van der Waals surface area contributed by atoms with Crippen molar-refractivity contribution in [2.75, 3.05) is 6.61 Å². The van der Waals surface area contributed by atoms with E-state index in [9.17, 15) is 4.79 Å². The molecule has 2 aromatic heterocycles. The first-order valence-corrected chi connectivity index (χ1v) is 9.48. The average Bonchev–Trinajstić information content (AvgIpc) is 3.12. The number of amides is 1. The predicted octanol–water partition coefficient (Wildman–Crippen LogP) is 3.48. The first-order chi connectivity index (χ1) is 12.5. The Bertz CT molecular complexity index is 920. The van der Waals surface area contributed by atoms with Crippen LogP contribution >= 0.6 is 11.3 Å². The molecule has 2 heterocycles. The van der Waals surface area contributed by atoms with Crippen molar-refractivity contribution in [2.24, 2.45) is 17.4 Å². The number of carbonyl (C=O) groups is 1. The lowest BCUT2D eigenvalue weighted by Crippen LogP contribution is -2.20. The molecule has 0 aliphatic rings. The van der Waals surface area contributed by atoms with Crippen LogP contribution in [0.2, 0.25) is 0 Å². The minimum absolute atomic E-state index is 0.150. The predicted molar refractivity (Wildman–Crippen MR) is 106 cm³/mol. The number of ether oxygens (including phenoxy) is 1. The Balaban J connectivity index is 2.22. The normalized spacial score (nSPS) is 11.2. The number of aromatic nitrogens is 1. The summed E-state index contributed by atoms with van der Waals surface area (Å²) in [5.74, 6) is 0.576. The summed E-state index contributed by atoms with van der Waals surface area (Å²) < 4.78 is 5.49. The summed E-state index contributed by atoms with van der Waals surface area (Å²) in [4.78, 5) is 17.0. The molecule has 1 amide bonds. The zero-order valence-electron chi connectivity index (χ0n) is 15.0. The monoisotopic (exact) mass is 369 g/mol. The molecular weight excluding hydrogens is 346 g/mol. The number of hydrogen-bond acceptors (Lipinski definition) is 5. The Kier molecular flexibility index (Phi) is 5.54. The summed E-state index contributed by atoms with van der Waals surface area (Å²) in [6, 6.07) is 9.78. The lowest BCUT2D eigenvalue weighted by atomic mass is 9.95. The largest absolute Gasteiger partial charge is 0.484 e. The van der Waals surface area contributed by atoms with Crippen molar-refractivity contribution < 1.29 is 9.53 Å². The second-order valence-corrected chi connectivity index (χ2v) is 7.57. The third-order valence-electron chi connectivity index (χ3n) is 4.10. The molecule has 0 atom stereocenters. The zero-order valence-corrected chi connectivity index (χ0v) is 15.8. The van der Waals surface area contributed by atoms with Crippen LogP contribution in [0.15, 0.2) is 35.7 Å². The van der Waals surface area contributed by atoms with Crippen molar-refractivity contribution >= 4 is 28.1 Å². The van der Waals surface area contributed by atoms with E-state index in [2.05, 4.69) is 25.3 Å². The maximum Gasteiger partial charge on any atom is 0.255 e. The molecule has 0 fully saturated rings. The fourth-order valence-electron chi connectivity index (χ4n) is 3.05. The van der Waals surface area contributed by atoms with Gasteiger partial charge in [-0.25, -0.2) is 0 Å². The highest BCUT2D eigenvalue weighted by atomic mass is 32.1. The first kappa shape index (κ1) is 18.4. The van der Waals surface area contributed by atoms with Gasteiger partial charge in [0.05, 0.1) is 5.52 Å². The van der Waals surface area contributed by atoms with E-state index in [4.69, 9.17) is 21.2 Å². The van der Waals surface area contributed by atoms with Crippen LogP contribution in [0.1, 0.15) is 25.1 Å². The number of thiophene rings is 1. The lowest BCUT2D eigenvalue weighted by molar-refractivity contribution is -0.119. The molecule has 136 valence electrons. The standard InChI is InChI=1S/C20H23N3O2S/c1-12(2)8-17-15(10-21)20(18-4-3-7-26-18)14-9-13(25-11-19(22)24)5-6-16(14)23-17/h3-7,9,12H,8,10-11,21H2,1-2H3,(H2,22,24). The molecule has 3 aromatic rings. The Morgan fingerprint density at radius 1 is 1.31 bits per heavy atom. The van der Waals surface area contributed by atoms with Gasteiger partial charge in [-0.1, -0.05) is 19.9 Å². The molecule has 5 nitrogen and oxygen atoms in total. The van der Waals surface area contributed by atoms with Crippen LogP contribution in [0.5, 0.6) is 5.75 Å². The smallest absolute Gasteiger partial charge is 0.255 e. The number of nitrogens with zero attached hydrogens (tertiary/aromatic N) is 1. The van der Waals surface area contributed by atoms with E-state index in [0.717, 1.165) is 39.0 Å². The number of rotatable bonds is 7. The summed E-state index contributed by atoms with van der Waals surface area (Å²) >= 11 is 1.67. The van der Waals surface area contributed by atoms with Crippen LogP contribution in [0, 0.1) is 5.92 Å². The van der Waals surface area contributed by atoms with Crippen LogP contribution in [0.3, 0.4) is 0 Å². The molecule has 0 aliphatic carbocycles. The fourth-order valence-corrected chi connectivity index (χ4v) is 3.87. The Morgan fingerprint density at radius 2 is 2.12 bits per heavy atom. The molecule has 0 unspecified atom stereocenters. The van der Waals surface area contributed by atoms with Crippen molar-refractivity contribution in [2.45, 2.75) is 26.8 Å².